The molecule has 6 nitrogen and oxygen atoms in total. The fraction of sp³-hybridized carbons (Fsp3) is 0.222. The van der Waals surface area contributed by atoms with Crippen molar-refractivity contribution in [1.29, 1.82) is 0 Å². The number of rotatable bonds is 6. The summed E-state index contributed by atoms with van der Waals surface area (Å²) in [5, 5.41) is 0.516. The molecule has 1 aromatic heterocycles. The number of aromatic nitrogens is 1. The second kappa shape index (κ2) is 7.43. The van der Waals surface area contributed by atoms with E-state index in [-0.39, 0.29) is 4.90 Å². The summed E-state index contributed by atoms with van der Waals surface area (Å²) in [5.74, 6) is -1.27. The number of hydrazine groups is 1. The first-order valence-corrected chi connectivity index (χ1v) is 10.6. The van der Waals surface area contributed by atoms with Gasteiger partial charge in [0.05, 0.1) is 15.1 Å². The maximum atomic E-state index is 12.3. The number of carbonyl (C=O) groups is 1. The van der Waals surface area contributed by atoms with Crippen LogP contribution >= 0.6 is 11.3 Å². The Morgan fingerprint density at radius 1 is 1.15 bits per heavy atom. The van der Waals surface area contributed by atoms with Gasteiger partial charge in [-0.3, -0.25) is 15.6 Å². The number of fused-ring (bicyclic) bond motifs is 1. The Bertz CT molecular complexity index is 1040. The molecule has 0 aliphatic rings. The predicted molar refractivity (Wildman–Crippen MR) is 104 cm³/mol. The van der Waals surface area contributed by atoms with Gasteiger partial charge in [-0.05, 0) is 37.1 Å². The van der Waals surface area contributed by atoms with E-state index in [4.69, 9.17) is 0 Å². The number of anilines is 1. The van der Waals surface area contributed by atoms with E-state index in [1.807, 2.05) is 25.1 Å². The summed E-state index contributed by atoms with van der Waals surface area (Å²) in [6.45, 7) is 3.92. The van der Waals surface area contributed by atoms with Gasteiger partial charge in [0.1, 0.15) is 5.75 Å². The molecule has 1 heterocycles. The van der Waals surface area contributed by atoms with Crippen LogP contribution in [-0.4, -0.2) is 25.1 Å². The first kappa shape index (κ1) is 18.3. The Hall–Kier alpha value is -2.45. The van der Waals surface area contributed by atoms with E-state index in [1.165, 1.54) is 23.5 Å². The molecule has 136 valence electrons. The first-order valence-electron chi connectivity index (χ1n) is 8.12. The van der Waals surface area contributed by atoms with Crippen molar-refractivity contribution in [2.24, 2.45) is 0 Å². The molecule has 3 aromatic rings. The van der Waals surface area contributed by atoms with E-state index in [9.17, 15) is 13.2 Å². The number of benzene rings is 2. The van der Waals surface area contributed by atoms with Crippen LogP contribution < -0.4 is 10.9 Å². The number of nitrogens with one attached hydrogen (secondary N) is 2. The number of aryl methyl sites for hydroxylation is 2. The minimum atomic E-state index is -3.68. The Balaban J connectivity index is 1.66. The molecule has 0 radical (unpaired) electrons. The largest absolute Gasteiger partial charge is 0.273 e. The standard InChI is InChI=1S/C18H19N3O3S2/c1-3-13-5-4-6-15-17(13)19-18(25-15)21-20-16(22)11-26(23,24)14-9-7-12(2)8-10-14/h4-10H,3,11H2,1-2H3,(H,19,21)(H,20,22). The van der Waals surface area contributed by atoms with E-state index >= 15 is 0 Å². The van der Waals surface area contributed by atoms with Crippen LogP contribution in [0.3, 0.4) is 0 Å². The summed E-state index contributed by atoms with van der Waals surface area (Å²) >= 11 is 1.40. The van der Waals surface area contributed by atoms with Gasteiger partial charge in [-0.25, -0.2) is 13.4 Å². The van der Waals surface area contributed by atoms with Crippen LogP contribution in [0.1, 0.15) is 18.1 Å². The third-order valence-electron chi connectivity index (χ3n) is 3.89. The highest BCUT2D eigenvalue weighted by atomic mass is 32.2. The van der Waals surface area contributed by atoms with Gasteiger partial charge in [0, 0.05) is 0 Å². The van der Waals surface area contributed by atoms with Crippen molar-refractivity contribution >= 4 is 42.4 Å². The van der Waals surface area contributed by atoms with Crippen molar-refractivity contribution in [3.63, 3.8) is 0 Å². The summed E-state index contributed by atoms with van der Waals surface area (Å²) in [6.07, 6.45) is 0.863. The average molecular weight is 390 g/mol. The van der Waals surface area contributed by atoms with E-state index < -0.39 is 21.5 Å². The molecule has 0 bridgehead atoms. The summed E-state index contributed by atoms with van der Waals surface area (Å²) in [5.41, 5.74) is 8.10. The van der Waals surface area contributed by atoms with Crippen molar-refractivity contribution in [2.75, 3.05) is 11.2 Å². The predicted octanol–water partition coefficient (Wildman–Crippen LogP) is 3.08. The summed E-state index contributed by atoms with van der Waals surface area (Å²) in [7, 11) is -3.68. The summed E-state index contributed by atoms with van der Waals surface area (Å²) in [6, 6.07) is 12.4. The number of hydrogen-bond acceptors (Lipinski definition) is 6. The Kier molecular flexibility index (Phi) is 5.24. The lowest BCUT2D eigenvalue weighted by Gasteiger charge is -2.07. The minimum absolute atomic E-state index is 0.130. The lowest BCUT2D eigenvalue weighted by Crippen LogP contribution is -2.34. The van der Waals surface area contributed by atoms with Gasteiger partial charge in [0.2, 0.25) is 5.13 Å². The van der Waals surface area contributed by atoms with Crippen LogP contribution in [0.15, 0.2) is 47.4 Å². The second-order valence-electron chi connectivity index (χ2n) is 5.88. The molecule has 2 N–H and O–H groups in total. The van der Waals surface area contributed by atoms with E-state index in [0.29, 0.717) is 5.13 Å². The van der Waals surface area contributed by atoms with E-state index in [0.717, 1.165) is 27.8 Å². The maximum absolute atomic E-state index is 12.3. The SMILES string of the molecule is CCc1cccc2sc(NNC(=O)CS(=O)(=O)c3ccc(C)cc3)nc12. The van der Waals surface area contributed by atoms with Crippen LogP contribution in [0, 0.1) is 6.92 Å². The van der Waals surface area contributed by atoms with Crippen LogP contribution in [0.2, 0.25) is 0 Å². The summed E-state index contributed by atoms with van der Waals surface area (Å²) < 4.78 is 25.6. The molecular formula is C18H19N3O3S2. The molecule has 0 aliphatic heterocycles. The highest BCUT2D eigenvalue weighted by molar-refractivity contribution is 7.92. The van der Waals surface area contributed by atoms with Crippen molar-refractivity contribution in [3.8, 4) is 0 Å². The average Bonchev–Trinajstić information content (AvgIpc) is 3.03. The molecule has 8 heteroatoms. The molecule has 0 fully saturated rings. The number of para-hydroxylation sites is 1. The van der Waals surface area contributed by atoms with E-state index in [1.54, 1.807) is 12.1 Å². The molecule has 0 saturated carbocycles. The van der Waals surface area contributed by atoms with Gasteiger partial charge in [0.15, 0.2) is 9.84 Å². The zero-order chi connectivity index (χ0) is 18.7. The molecule has 3 rings (SSSR count). The molecule has 1 amide bonds. The highest BCUT2D eigenvalue weighted by Crippen LogP contribution is 2.28. The van der Waals surface area contributed by atoms with Crippen molar-refractivity contribution in [1.82, 2.24) is 10.4 Å². The maximum Gasteiger partial charge on any atom is 0.253 e. The number of hydrogen-bond donors (Lipinski definition) is 2. The summed E-state index contributed by atoms with van der Waals surface area (Å²) in [4.78, 5) is 16.6. The topological polar surface area (TPSA) is 88.2 Å². The smallest absolute Gasteiger partial charge is 0.253 e. The monoisotopic (exact) mass is 389 g/mol. The van der Waals surface area contributed by atoms with Gasteiger partial charge in [-0.1, -0.05) is 48.1 Å². The number of thiazole rings is 1. The molecule has 2 aromatic carbocycles. The fourth-order valence-corrected chi connectivity index (χ4v) is 4.51. The first-order chi connectivity index (χ1) is 12.4. The Labute approximate surface area is 156 Å². The lowest BCUT2D eigenvalue weighted by atomic mass is 10.1. The van der Waals surface area contributed by atoms with Gasteiger partial charge in [-0.2, -0.15) is 0 Å². The number of nitrogens with zero attached hydrogens (tertiary/aromatic N) is 1. The van der Waals surface area contributed by atoms with Gasteiger partial charge < -0.3 is 0 Å². The molecule has 26 heavy (non-hydrogen) atoms. The zero-order valence-corrected chi connectivity index (χ0v) is 16.1. The lowest BCUT2D eigenvalue weighted by molar-refractivity contribution is -0.118. The molecule has 0 spiro atoms. The Morgan fingerprint density at radius 3 is 2.58 bits per heavy atom. The zero-order valence-electron chi connectivity index (χ0n) is 14.4. The number of sulfone groups is 1. The van der Waals surface area contributed by atoms with Crippen molar-refractivity contribution < 1.29 is 13.2 Å². The van der Waals surface area contributed by atoms with Crippen LogP contribution in [0.4, 0.5) is 5.13 Å². The molecule has 0 aliphatic carbocycles. The normalized spacial score (nSPS) is 11.5. The van der Waals surface area contributed by atoms with E-state index in [2.05, 4.69) is 22.8 Å². The fourth-order valence-electron chi connectivity index (χ4n) is 2.51. The second-order valence-corrected chi connectivity index (χ2v) is 8.90. The molecule has 0 atom stereocenters. The molecule has 0 saturated heterocycles. The minimum Gasteiger partial charge on any atom is -0.273 e. The van der Waals surface area contributed by atoms with Crippen LogP contribution in [0.5, 0.6) is 0 Å². The van der Waals surface area contributed by atoms with Gasteiger partial charge in [0.25, 0.3) is 5.91 Å². The van der Waals surface area contributed by atoms with Crippen LogP contribution in [0.25, 0.3) is 10.2 Å². The number of amides is 1. The van der Waals surface area contributed by atoms with Crippen molar-refractivity contribution in [2.45, 2.75) is 25.2 Å². The third kappa shape index (κ3) is 4.03. The number of carbonyl (C=O) groups excluding carboxylic acids is 1. The highest BCUT2D eigenvalue weighted by Gasteiger charge is 2.19. The molecule has 0 unspecified atom stereocenters. The van der Waals surface area contributed by atoms with Gasteiger partial charge >= 0.3 is 0 Å². The van der Waals surface area contributed by atoms with Gasteiger partial charge in [-0.15, -0.1) is 0 Å². The quantitative estimate of drug-likeness (QED) is 0.633. The van der Waals surface area contributed by atoms with Crippen molar-refractivity contribution in [3.05, 3.63) is 53.6 Å². The van der Waals surface area contributed by atoms with Crippen LogP contribution in [-0.2, 0) is 21.1 Å². The molecular weight excluding hydrogens is 370 g/mol. The Morgan fingerprint density at radius 2 is 1.88 bits per heavy atom. The third-order valence-corrected chi connectivity index (χ3v) is 6.46.